The number of nitrogens with zero attached hydrogens (tertiary/aromatic N) is 2. The van der Waals surface area contributed by atoms with Gasteiger partial charge in [0.2, 0.25) is 0 Å². The zero-order valence-electron chi connectivity index (χ0n) is 16.2. The monoisotopic (exact) mass is 399 g/mol. The van der Waals surface area contributed by atoms with E-state index < -0.39 is 15.9 Å². The zero-order chi connectivity index (χ0) is 19.9. The molecule has 6 nitrogen and oxygen atoms in total. The zero-order valence-corrected chi connectivity index (χ0v) is 17.0. The highest BCUT2D eigenvalue weighted by Gasteiger charge is 2.36. The number of nitrogens with one attached hydrogen (secondary N) is 1. The summed E-state index contributed by atoms with van der Waals surface area (Å²) in [6.45, 7) is 8.35. The number of rotatable bonds is 4. The van der Waals surface area contributed by atoms with Crippen molar-refractivity contribution in [3.05, 3.63) is 59.2 Å². The first-order valence-corrected chi connectivity index (χ1v) is 11.1. The van der Waals surface area contributed by atoms with E-state index in [1.54, 1.807) is 6.07 Å². The van der Waals surface area contributed by atoms with Gasteiger partial charge in [-0.3, -0.25) is 9.69 Å². The Bertz CT molecular complexity index is 995. The minimum Gasteiger partial charge on any atom is -0.369 e. The second kappa shape index (κ2) is 7.22. The summed E-state index contributed by atoms with van der Waals surface area (Å²) in [5, 5.41) is 0. The Balaban J connectivity index is 1.56. The maximum absolute atomic E-state index is 12.4. The first kappa shape index (κ1) is 19.0. The Morgan fingerprint density at radius 1 is 1.04 bits per heavy atom. The van der Waals surface area contributed by atoms with Crippen molar-refractivity contribution in [1.29, 1.82) is 0 Å². The summed E-state index contributed by atoms with van der Waals surface area (Å²) in [6.07, 6.45) is 0. The van der Waals surface area contributed by atoms with Gasteiger partial charge in [-0.05, 0) is 29.2 Å². The fourth-order valence-corrected chi connectivity index (χ4v) is 5.16. The molecule has 2 aliphatic rings. The molecule has 0 bridgehead atoms. The van der Waals surface area contributed by atoms with E-state index >= 15 is 0 Å². The van der Waals surface area contributed by atoms with Crippen molar-refractivity contribution in [3.63, 3.8) is 0 Å². The fraction of sp³-hybridized carbons (Fsp3) is 0.381. The van der Waals surface area contributed by atoms with Crippen LogP contribution in [-0.2, 0) is 16.6 Å². The summed E-state index contributed by atoms with van der Waals surface area (Å²) in [5.41, 5.74) is 3.27. The van der Waals surface area contributed by atoms with Crippen molar-refractivity contribution in [3.8, 4) is 0 Å². The molecule has 1 saturated heterocycles. The highest BCUT2D eigenvalue weighted by Crippen LogP contribution is 2.35. The van der Waals surface area contributed by atoms with Crippen LogP contribution in [0.2, 0.25) is 0 Å². The summed E-state index contributed by atoms with van der Waals surface area (Å²) < 4.78 is 26.9. The van der Waals surface area contributed by atoms with Crippen LogP contribution in [-0.4, -0.2) is 45.4 Å². The van der Waals surface area contributed by atoms with Gasteiger partial charge in [-0.1, -0.05) is 44.2 Å². The molecule has 0 atom stereocenters. The molecule has 28 heavy (non-hydrogen) atoms. The second-order valence-electron chi connectivity index (χ2n) is 7.75. The highest BCUT2D eigenvalue weighted by atomic mass is 32.2. The SMILES string of the molecule is CC(C)c1cc(N2CCN(Cc3ccccc3)CC2)cc2c1C(=O)NS2(=O)=O. The fourth-order valence-electron chi connectivity index (χ4n) is 3.95. The summed E-state index contributed by atoms with van der Waals surface area (Å²) in [4.78, 5) is 16.9. The smallest absolute Gasteiger partial charge is 0.266 e. The van der Waals surface area contributed by atoms with Crippen LogP contribution >= 0.6 is 0 Å². The third kappa shape index (κ3) is 3.52. The Morgan fingerprint density at radius 2 is 1.71 bits per heavy atom. The number of anilines is 1. The molecule has 1 N–H and O–H groups in total. The van der Waals surface area contributed by atoms with Gasteiger partial charge in [0.05, 0.1) is 5.56 Å². The molecule has 2 aliphatic heterocycles. The van der Waals surface area contributed by atoms with Crippen LogP contribution in [0.5, 0.6) is 0 Å². The molecule has 0 spiro atoms. The third-order valence-corrected chi connectivity index (χ3v) is 6.82. The van der Waals surface area contributed by atoms with Crippen LogP contribution in [0.1, 0.15) is 41.3 Å². The van der Waals surface area contributed by atoms with Gasteiger partial charge in [0, 0.05) is 38.4 Å². The van der Waals surface area contributed by atoms with E-state index in [9.17, 15) is 13.2 Å². The van der Waals surface area contributed by atoms with E-state index in [0.29, 0.717) is 5.56 Å². The minimum absolute atomic E-state index is 0.0621. The molecule has 2 heterocycles. The van der Waals surface area contributed by atoms with E-state index in [-0.39, 0.29) is 10.8 Å². The number of carbonyl (C=O) groups excluding carboxylic acids is 1. The molecule has 0 saturated carbocycles. The van der Waals surface area contributed by atoms with Gasteiger partial charge in [0.15, 0.2) is 0 Å². The summed E-state index contributed by atoms with van der Waals surface area (Å²) in [7, 11) is -3.76. The van der Waals surface area contributed by atoms with Gasteiger partial charge in [-0.15, -0.1) is 0 Å². The van der Waals surface area contributed by atoms with E-state index in [1.807, 2.05) is 26.0 Å². The molecule has 1 amide bonds. The Kier molecular flexibility index (Phi) is 4.89. The Morgan fingerprint density at radius 3 is 2.36 bits per heavy atom. The molecule has 148 valence electrons. The normalized spacial score (nSPS) is 19.0. The van der Waals surface area contributed by atoms with Crippen molar-refractivity contribution in [1.82, 2.24) is 9.62 Å². The number of hydrogen-bond donors (Lipinski definition) is 1. The standard InChI is InChI=1S/C21H25N3O3S/c1-15(2)18-12-17(13-19-20(18)21(25)22-28(19,26)27)24-10-8-23(9-11-24)14-16-6-4-3-5-7-16/h3-7,12-13,15H,8-11,14H2,1-2H3,(H,22,25). The maximum Gasteiger partial charge on any atom is 0.266 e. The van der Waals surface area contributed by atoms with Gasteiger partial charge in [0.1, 0.15) is 4.90 Å². The summed E-state index contributed by atoms with van der Waals surface area (Å²) in [5.74, 6) is -0.454. The number of amides is 1. The van der Waals surface area contributed by atoms with E-state index in [2.05, 4.69) is 38.8 Å². The average Bonchev–Trinajstić information content (AvgIpc) is 2.91. The predicted molar refractivity (Wildman–Crippen MR) is 109 cm³/mol. The molecule has 2 aromatic carbocycles. The minimum atomic E-state index is -3.76. The lowest BCUT2D eigenvalue weighted by Crippen LogP contribution is -2.46. The Labute approximate surface area is 166 Å². The van der Waals surface area contributed by atoms with Crippen molar-refractivity contribution in [2.75, 3.05) is 31.1 Å². The average molecular weight is 400 g/mol. The Hall–Kier alpha value is -2.38. The molecule has 0 aromatic heterocycles. The van der Waals surface area contributed by atoms with Crippen LogP contribution in [0.15, 0.2) is 47.4 Å². The number of fused-ring (bicyclic) bond motifs is 1. The lowest BCUT2D eigenvalue weighted by molar-refractivity contribution is 0.0984. The number of sulfonamides is 1. The molecule has 0 radical (unpaired) electrons. The van der Waals surface area contributed by atoms with Crippen LogP contribution < -0.4 is 9.62 Å². The number of piperazine rings is 1. The van der Waals surface area contributed by atoms with Gasteiger partial charge in [-0.2, -0.15) is 0 Å². The molecule has 2 aromatic rings. The van der Waals surface area contributed by atoms with Gasteiger partial charge < -0.3 is 4.90 Å². The summed E-state index contributed by atoms with van der Waals surface area (Å²) in [6, 6.07) is 14.0. The lowest BCUT2D eigenvalue weighted by Gasteiger charge is -2.36. The number of carbonyl (C=O) groups is 1. The van der Waals surface area contributed by atoms with Crippen molar-refractivity contribution >= 4 is 21.6 Å². The number of hydrogen-bond acceptors (Lipinski definition) is 5. The van der Waals surface area contributed by atoms with Crippen molar-refractivity contribution in [2.45, 2.75) is 31.2 Å². The van der Waals surface area contributed by atoms with E-state index in [0.717, 1.165) is 44.0 Å². The van der Waals surface area contributed by atoms with E-state index in [4.69, 9.17) is 0 Å². The highest BCUT2D eigenvalue weighted by molar-refractivity contribution is 7.90. The molecule has 7 heteroatoms. The summed E-state index contributed by atoms with van der Waals surface area (Å²) >= 11 is 0. The quantitative estimate of drug-likeness (QED) is 0.856. The van der Waals surface area contributed by atoms with Crippen LogP contribution in [0.3, 0.4) is 0 Å². The van der Waals surface area contributed by atoms with Gasteiger partial charge in [0.25, 0.3) is 15.9 Å². The third-order valence-electron chi connectivity index (χ3n) is 5.47. The van der Waals surface area contributed by atoms with Crippen molar-refractivity contribution < 1.29 is 13.2 Å². The molecular weight excluding hydrogens is 374 g/mol. The largest absolute Gasteiger partial charge is 0.369 e. The van der Waals surface area contributed by atoms with Crippen LogP contribution in [0.4, 0.5) is 5.69 Å². The second-order valence-corrected chi connectivity index (χ2v) is 9.40. The van der Waals surface area contributed by atoms with Crippen molar-refractivity contribution in [2.24, 2.45) is 0 Å². The van der Waals surface area contributed by atoms with E-state index in [1.165, 1.54) is 5.56 Å². The van der Waals surface area contributed by atoms with Crippen LogP contribution in [0, 0.1) is 0 Å². The molecular formula is C21H25N3O3S. The van der Waals surface area contributed by atoms with Crippen LogP contribution in [0.25, 0.3) is 0 Å². The number of benzene rings is 2. The molecule has 0 aliphatic carbocycles. The lowest BCUT2D eigenvalue weighted by atomic mass is 9.95. The molecule has 0 unspecified atom stereocenters. The first-order valence-electron chi connectivity index (χ1n) is 9.61. The first-order chi connectivity index (χ1) is 13.3. The maximum atomic E-state index is 12.4. The molecule has 1 fully saturated rings. The topological polar surface area (TPSA) is 69.7 Å². The van der Waals surface area contributed by atoms with Gasteiger partial charge in [-0.25, -0.2) is 13.1 Å². The molecule has 4 rings (SSSR count). The van der Waals surface area contributed by atoms with Gasteiger partial charge >= 0.3 is 0 Å². The predicted octanol–water partition coefficient (Wildman–Crippen LogP) is 2.56.